The molecule has 0 bridgehead atoms. The zero-order chi connectivity index (χ0) is 13.7. The van der Waals surface area contributed by atoms with Gasteiger partial charge in [-0.25, -0.2) is 0 Å². The molecule has 1 atom stereocenters. The van der Waals surface area contributed by atoms with Crippen molar-refractivity contribution in [2.75, 3.05) is 6.54 Å². The monoisotopic (exact) mass is 280 g/mol. The van der Waals surface area contributed by atoms with Crippen LogP contribution in [0.3, 0.4) is 0 Å². The average molecular weight is 281 g/mol. The van der Waals surface area contributed by atoms with Gasteiger partial charge in [0.1, 0.15) is 5.69 Å². The fraction of sp³-hybridized carbons (Fsp3) is 0.462. The van der Waals surface area contributed by atoms with E-state index >= 15 is 0 Å². The molecule has 2 heterocycles. The van der Waals surface area contributed by atoms with E-state index in [1.54, 1.807) is 18.3 Å². The molecule has 0 radical (unpaired) electrons. The van der Waals surface area contributed by atoms with E-state index in [1.165, 1.54) is 0 Å². The van der Waals surface area contributed by atoms with Crippen LogP contribution in [0.5, 0.6) is 0 Å². The van der Waals surface area contributed by atoms with Gasteiger partial charge in [-0.05, 0) is 32.0 Å². The summed E-state index contributed by atoms with van der Waals surface area (Å²) in [6.07, 6.45) is 3.29. The lowest BCUT2D eigenvalue weighted by molar-refractivity contribution is 0.368. The van der Waals surface area contributed by atoms with Crippen LogP contribution in [-0.4, -0.2) is 27.7 Å². The second-order valence-corrected chi connectivity index (χ2v) is 4.81. The number of aryl methyl sites for hydroxylation is 1. The molecule has 0 aliphatic rings. The zero-order valence-corrected chi connectivity index (χ0v) is 11.8. The van der Waals surface area contributed by atoms with Gasteiger partial charge in [-0.3, -0.25) is 4.98 Å². The van der Waals surface area contributed by atoms with Crippen molar-refractivity contribution in [2.45, 2.75) is 32.7 Å². The van der Waals surface area contributed by atoms with Gasteiger partial charge in [-0.2, -0.15) is 4.98 Å². The van der Waals surface area contributed by atoms with E-state index in [4.69, 9.17) is 16.1 Å². The fourth-order valence-electron chi connectivity index (χ4n) is 1.76. The molecule has 0 saturated heterocycles. The molecule has 102 valence electrons. The quantitative estimate of drug-likeness (QED) is 0.881. The SMILES string of the molecule is CCNC(C)CCc1nc(-c2ccc(Cl)cn2)no1. The highest BCUT2D eigenvalue weighted by Gasteiger charge is 2.10. The number of aromatic nitrogens is 3. The van der Waals surface area contributed by atoms with Crippen LogP contribution in [0, 0.1) is 0 Å². The molecule has 0 fully saturated rings. The Morgan fingerprint density at radius 1 is 1.42 bits per heavy atom. The predicted molar refractivity (Wildman–Crippen MR) is 74.0 cm³/mol. The molecular weight excluding hydrogens is 264 g/mol. The molecule has 5 nitrogen and oxygen atoms in total. The molecule has 6 heteroatoms. The Hall–Kier alpha value is -1.46. The van der Waals surface area contributed by atoms with E-state index in [9.17, 15) is 0 Å². The first kappa shape index (κ1) is 14.0. The van der Waals surface area contributed by atoms with E-state index in [2.05, 4.69) is 34.3 Å². The van der Waals surface area contributed by atoms with Crippen molar-refractivity contribution >= 4 is 11.6 Å². The van der Waals surface area contributed by atoms with Crippen molar-refractivity contribution in [3.8, 4) is 11.5 Å². The van der Waals surface area contributed by atoms with Crippen molar-refractivity contribution in [1.82, 2.24) is 20.4 Å². The molecule has 2 aromatic heterocycles. The van der Waals surface area contributed by atoms with Crippen molar-refractivity contribution in [1.29, 1.82) is 0 Å². The molecule has 0 aliphatic heterocycles. The Balaban J connectivity index is 1.97. The highest BCUT2D eigenvalue weighted by Crippen LogP contribution is 2.16. The maximum absolute atomic E-state index is 5.78. The topological polar surface area (TPSA) is 63.8 Å². The van der Waals surface area contributed by atoms with Crippen molar-refractivity contribution in [3.63, 3.8) is 0 Å². The Kier molecular flexibility index (Phi) is 4.87. The van der Waals surface area contributed by atoms with Gasteiger partial charge < -0.3 is 9.84 Å². The lowest BCUT2D eigenvalue weighted by Gasteiger charge is -2.09. The molecule has 2 aromatic rings. The van der Waals surface area contributed by atoms with E-state index < -0.39 is 0 Å². The highest BCUT2D eigenvalue weighted by molar-refractivity contribution is 6.30. The van der Waals surface area contributed by atoms with Crippen LogP contribution in [0.15, 0.2) is 22.9 Å². The maximum atomic E-state index is 5.78. The summed E-state index contributed by atoms with van der Waals surface area (Å²) in [6.45, 7) is 5.19. The molecule has 2 rings (SSSR count). The number of hydrogen-bond donors (Lipinski definition) is 1. The molecule has 0 spiro atoms. The first-order valence-electron chi connectivity index (χ1n) is 6.37. The fourth-order valence-corrected chi connectivity index (χ4v) is 1.87. The minimum absolute atomic E-state index is 0.439. The van der Waals surface area contributed by atoms with Crippen LogP contribution >= 0.6 is 11.6 Å². The van der Waals surface area contributed by atoms with E-state index in [0.29, 0.717) is 28.5 Å². The third-order valence-corrected chi connectivity index (χ3v) is 2.99. The van der Waals surface area contributed by atoms with Crippen molar-refractivity contribution < 1.29 is 4.52 Å². The second kappa shape index (κ2) is 6.63. The van der Waals surface area contributed by atoms with Crippen LogP contribution in [0.4, 0.5) is 0 Å². The van der Waals surface area contributed by atoms with Crippen LogP contribution < -0.4 is 5.32 Å². The smallest absolute Gasteiger partial charge is 0.227 e. The Morgan fingerprint density at radius 3 is 2.95 bits per heavy atom. The summed E-state index contributed by atoms with van der Waals surface area (Å²) in [5, 5.41) is 7.86. The summed E-state index contributed by atoms with van der Waals surface area (Å²) in [7, 11) is 0. The molecule has 19 heavy (non-hydrogen) atoms. The number of hydrogen-bond acceptors (Lipinski definition) is 5. The van der Waals surface area contributed by atoms with E-state index in [1.807, 2.05) is 0 Å². The lowest BCUT2D eigenvalue weighted by atomic mass is 10.2. The van der Waals surface area contributed by atoms with Gasteiger partial charge in [0.2, 0.25) is 11.7 Å². The molecule has 0 amide bonds. The van der Waals surface area contributed by atoms with Crippen molar-refractivity contribution in [3.05, 3.63) is 29.2 Å². The summed E-state index contributed by atoms with van der Waals surface area (Å²) in [6, 6.07) is 3.97. The van der Waals surface area contributed by atoms with Crippen LogP contribution in [0.25, 0.3) is 11.5 Å². The molecule has 0 saturated carbocycles. The molecule has 0 aromatic carbocycles. The molecule has 0 aliphatic carbocycles. The number of nitrogens with zero attached hydrogens (tertiary/aromatic N) is 3. The number of halogens is 1. The minimum Gasteiger partial charge on any atom is -0.339 e. The Labute approximate surface area is 117 Å². The highest BCUT2D eigenvalue weighted by atomic mass is 35.5. The standard InChI is InChI=1S/C13H17ClN4O/c1-3-15-9(2)4-7-12-17-13(18-19-12)11-6-5-10(14)8-16-11/h5-6,8-9,15H,3-4,7H2,1-2H3. The first-order chi connectivity index (χ1) is 9.19. The Bertz CT molecular complexity index is 512. The Morgan fingerprint density at radius 2 is 2.26 bits per heavy atom. The zero-order valence-electron chi connectivity index (χ0n) is 11.1. The number of pyridine rings is 1. The van der Waals surface area contributed by atoms with Gasteiger partial charge in [-0.1, -0.05) is 23.7 Å². The maximum Gasteiger partial charge on any atom is 0.227 e. The van der Waals surface area contributed by atoms with Crippen LogP contribution in [0.1, 0.15) is 26.2 Å². The van der Waals surface area contributed by atoms with E-state index in [-0.39, 0.29) is 0 Å². The molecule has 1 unspecified atom stereocenters. The average Bonchev–Trinajstić information content (AvgIpc) is 2.86. The third-order valence-electron chi connectivity index (χ3n) is 2.77. The van der Waals surface area contributed by atoms with Crippen molar-refractivity contribution in [2.24, 2.45) is 0 Å². The van der Waals surface area contributed by atoms with Crippen LogP contribution in [-0.2, 0) is 6.42 Å². The number of nitrogens with one attached hydrogen (secondary N) is 1. The molecular formula is C13H17ClN4O. The summed E-state index contributed by atoms with van der Waals surface area (Å²) >= 11 is 5.78. The summed E-state index contributed by atoms with van der Waals surface area (Å²) < 4.78 is 5.22. The van der Waals surface area contributed by atoms with E-state index in [0.717, 1.165) is 19.4 Å². The van der Waals surface area contributed by atoms with Gasteiger partial charge in [0.05, 0.1) is 5.02 Å². The second-order valence-electron chi connectivity index (χ2n) is 4.37. The van der Waals surface area contributed by atoms with Crippen LogP contribution in [0.2, 0.25) is 5.02 Å². The lowest BCUT2D eigenvalue weighted by Crippen LogP contribution is -2.25. The molecule has 1 N–H and O–H groups in total. The van der Waals surface area contributed by atoms with Gasteiger partial charge in [-0.15, -0.1) is 0 Å². The largest absolute Gasteiger partial charge is 0.339 e. The summed E-state index contributed by atoms with van der Waals surface area (Å²) in [5.74, 6) is 1.14. The normalized spacial score (nSPS) is 12.6. The predicted octanol–water partition coefficient (Wildman–Crippen LogP) is 2.72. The van der Waals surface area contributed by atoms with Gasteiger partial charge >= 0.3 is 0 Å². The summed E-state index contributed by atoms with van der Waals surface area (Å²) in [4.78, 5) is 8.49. The van der Waals surface area contributed by atoms with Gasteiger partial charge in [0.15, 0.2) is 0 Å². The summed E-state index contributed by atoms with van der Waals surface area (Å²) in [5.41, 5.74) is 0.666. The van der Waals surface area contributed by atoms with Gasteiger partial charge in [0, 0.05) is 18.7 Å². The number of rotatable bonds is 6. The first-order valence-corrected chi connectivity index (χ1v) is 6.74. The third kappa shape index (κ3) is 4.01. The van der Waals surface area contributed by atoms with Gasteiger partial charge in [0.25, 0.3) is 0 Å². The minimum atomic E-state index is 0.439.